The second-order valence-electron chi connectivity index (χ2n) is 18.3. The summed E-state index contributed by atoms with van der Waals surface area (Å²) >= 11 is 0. The van der Waals surface area contributed by atoms with Crippen LogP contribution in [0.25, 0.3) is 0 Å². The molecule has 3 rings (SSSR count). The number of hydrogen-bond donors (Lipinski definition) is 0. The first kappa shape index (κ1) is 33.9. The summed E-state index contributed by atoms with van der Waals surface area (Å²) < 4.78 is 28.6. The summed E-state index contributed by atoms with van der Waals surface area (Å²) in [5, 5.41) is 0. The van der Waals surface area contributed by atoms with Gasteiger partial charge in [-0.2, -0.15) is 0 Å². The van der Waals surface area contributed by atoms with Gasteiger partial charge in [0.1, 0.15) is 11.5 Å². The topological polar surface area (TPSA) is 18.5 Å². The Labute approximate surface area is 253 Å². The first-order chi connectivity index (χ1) is 18.2. The molecule has 1 heterocycles. The number of fused-ring (bicyclic) bond motifs is 2. The zero-order valence-corrected chi connectivity index (χ0v) is 30.0. The third-order valence-electron chi connectivity index (χ3n) is 8.17. The van der Waals surface area contributed by atoms with E-state index in [1.807, 2.05) is 0 Å². The predicted molar refractivity (Wildman–Crippen MR) is 177 cm³/mol. The van der Waals surface area contributed by atoms with Gasteiger partial charge in [-0.1, -0.05) is 135 Å². The summed E-state index contributed by atoms with van der Waals surface area (Å²) in [5.74, 6) is 1.34. The van der Waals surface area contributed by atoms with Crippen molar-refractivity contribution < 1.29 is 13.2 Å². The molecule has 0 amide bonds. The Bertz CT molecular complexity index is 1160. The lowest BCUT2D eigenvalue weighted by molar-refractivity contribution is 0.278. The zero-order chi connectivity index (χ0) is 31.6. The van der Waals surface area contributed by atoms with E-state index >= 15 is 4.20 Å². The average molecular weight is 585 g/mol. The van der Waals surface area contributed by atoms with Crippen molar-refractivity contribution in [3.05, 3.63) is 57.6 Å². The maximum atomic E-state index is 16.1. The van der Waals surface area contributed by atoms with Gasteiger partial charge in [-0.25, -0.2) is 0 Å². The summed E-state index contributed by atoms with van der Waals surface area (Å²) in [4.78, 5) is 0. The molecule has 41 heavy (non-hydrogen) atoms. The fourth-order valence-corrected chi connectivity index (χ4v) is 7.69. The third-order valence-corrected chi connectivity index (χ3v) is 8.83. The summed E-state index contributed by atoms with van der Waals surface area (Å²) in [6.45, 7) is 36.2. The molecule has 0 unspecified atom stereocenters. The van der Waals surface area contributed by atoms with E-state index in [0.29, 0.717) is 17.9 Å². The molecular formula is C37H58FO2P. The molecule has 0 saturated carbocycles. The van der Waals surface area contributed by atoms with E-state index in [1.54, 1.807) is 0 Å². The van der Waals surface area contributed by atoms with Gasteiger partial charge in [0.15, 0.2) is 0 Å². The van der Waals surface area contributed by atoms with E-state index in [1.165, 1.54) is 11.1 Å². The van der Waals surface area contributed by atoms with Crippen molar-refractivity contribution >= 4 is 8.69 Å². The third kappa shape index (κ3) is 8.28. The largest absolute Gasteiger partial charge is 0.505 e. The fourth-order valence-electron chi connectivity index (χ4n) is 6.94. The van der Waals surface area contributed by atoms with Crippen LogP contribution in [0, 0.1) is 10.8 Å². The number of halogens is 1. The van der Waals surface area contributed by atoms with Crippen LogP contribution in [-0.2, 0) is 28.1 Å². The second kappa shape index (κ2) is 10.8. The van der Waals surface area contributed by atoms with Gasteiger partial charge in [-0.3, -0.25) is 0 Å². The molecule has 0 saturated heterocycles. The standard InChI is InChI=1S/C37H58FO2P/c1-32(2,3)22-36(13,14)28-20-26(34(7,8)9)18-24-17-25-19-27(35(10,11)12)21-29(37(15,16)23-33(4,5)6)31(25)40-41(38)39-30(24)28/h18-21H,17,22-23H2,1-16H3. The Morgan fingerprint density at radius 1 is 0.561 bits per heavy atom. The summed E-state index contributed by atoms with van der Waals surface area (Å²) in [5.41, 5.74) is 6.43. The normalized spacial score (nSPS) is 15.8. The molecule has 1 aliphatic rings. The number of benzene rings is 2. The molecule has 1 aliphatic heterocycles. The first-order valence-corrected chi connectivity index (χ1v) is 16.4. The van der Waals surface area contributed by atoms with E-state index in [0.717, 1.165) is 35.1 Å². The Kier molecular flexibility index (Phi) is 8.96. The quantitative estimate of drug-likeness (QED) is 0.333. The van der Waals surface area contributed by atoms with Gasteiger partial charge in [-0.05, 0) is 67.6 Å². The SMILES string of the molecule is CC(C)(C)CC(C)(C)c1cc(C(C)(C)C)cc2c1OP(F)Oc1c(cc(C(C)(C)C)cc1C(C)(C)CC(C)(C)C)C2. The van der Waals surface area contributed by atoms with Crippen molar-refractivity contribution in [2.75, 3.05) is 0 Å². The molecule has 0 bridgehead atoms. The molecule has 4 heteroatoms. The molecule has 0 atom stereocenters. The van der Waals surface area contributed by atoms with Crippen molar-refractivity contribution in [3.8, 4) is 11.5 Å². The van der Waals surface area contributed by atoms with Crippen LogP contribution in [0.15, 0.2) is 24.3 Å². The van der Waals surface area contributed by atoms with Crippen LogP contribution in [0.1, 0.15) is 157 Å². The average Bonchev–Trinajstić information content (AvgIpc) is 2.69. The lowest BCUT2D eigenvalue weighted by atomic mass is 9.69. The number of rotatable bonds is 4. The van der Waals surface area contributed by atoms with Crippen molar-refractivity contribution in [3.63, 3.8) is 0 Å². The fraction of sp³-hybridized carbons (Fsp3) is 0.676. The van der Waals surface area contributed by atoms with E-state index in [2.05, 4.69) is 135 Å². The Morgan fingerprint density at radius 3 is 1.15 bits per heavy atom. The van der Waals surface area contributed by atoms with E-state index in [9.17, 15) is 0 Å². The van der Waals surface area contributed by atoms with Crippen LogP contribution in [0.2, 0.25) is 0 Å². The second-order valence-corrected chi connectivity index (χ2v) is 19.1. The molecule has 0 aliphatic carbocycles. The first-order valence-electron chi connectivity index (χ1n) is 15.4. The van der Waals surface area contributed by atoms with Gasteiger partial charge in [-0.15, -0.1) is 4.20 Å². The zero-order valence-electron chi connectivity index (χ0n) is 29.1. The Balaban J connectivity index is 2.38. The predicted octanol–water partition coefficient (Wildman–Crippen LogP) is 12.3. The molecule has 0 spiro atoms. The van der Waals surface area contributed by atoms with Crippen molar-refractivity contribution in [2.24, 2.45) is 10.8 Å². The van der Waals surface area contributed by atoms with Crippen LogP contribution in [0.3, 0.4) is 0 Å². The Morgan fingerprint density at radius 2 is 0.878 bits per heavy atom. The maximum absolute atomic E-state index is 16.1. The highest BCUT2D eigenvalue weighted by atomic mass is 31.2. The highest BCUT2D eigenvalue weighted by Gasteiger charge is 2.38. The molecule has 0 aromatic heterocycles. The summed E-state index contributed by atoms with van der Waals surface area (Å²) in [6, 6.07) is 9.04. The van der Waals surface area contributed by atoms with E-state index < -0.39 is 8.69 Å². The molecule has 2 nitrogen and oxygen atoms in total. The minimum atomic E-state index is -2.68. The monoisotopic (exact) mass is 584 g/mol. The molecule has 2 aromatic rings. The minimum absolute atomic E-state index is 0.0587. The van der Waals surface area contributed by atoms with E-state index in [-0.39, 0.29) is 32.5 Å². The number of hydrogen-bond acceptors (Lipinski definition) is 2. The maximum Gasteiger partial charge on any atom is 0.505 e. The van der Waals surface area contributed by atoms with E-state index in [4.69, 9.17) is 9.05 Å². The Hall–Kier alpha value is -1.60. The van der Waals surface area contributed by atoms with Crippen molar-refractivity contribution in [2.45, 2.75) is 152 Å². The smallest absolute Gasteiger partial charge is 0.414 e. The highest BCUT2D eigenvalue weighted by molar-refractivity contribution is 7.42. The van der Waals surface area contributed by atoms with Gasteiger partial charge in [0, 0.05) is 17.5 Å². The lowest BCUT2D eigenvalue weighted by Gasteiger charge is -2.38. The summed E-state index contributed by atoms with van der Waals surface area (Å²) in [6.07, 6.45) is 2.54. The molecule has 0 radical (unpaired) electrons. The van der Waals surface area contributed by atoms with Gasteiger partial charge in [0.25, 0.3) is 0 Å². The van der Waals surface area contributed by atoms with Crippen molar-refractivity contribution in [1.29, 1.82) is 0 Å². The van der Waals surface area contributed by atoms with Crippen LogP contribution < -0.4 is 9.05 Å². The van der Waals surface area contributed by atoms with Crippen LogP contribution in [-0.4, -0.2) is 0 Å². The van der Waals surface area contributed by atoms with Gasteiger partial charge in [0.2, 0.25) is 0 Å². The molecule has 0 fully saturated rings. The molecular weight excluding hydrogens is 526 g/mol. The van der Waals surface area contributed by atoms with Gasteiger partial charge >= 0.3 is 8.69 Å². The molecule has 0 N–H and O–H groups in total. The van der Waals surface area contributed by atoms with Crippen LogP contribution in [0.5, 0.6) is 11.5 Å². The minimum Gasteiger partial charge on any atom is -0.414 e. The summed E-state index contributed by atoms with van der Waals surface area (Å²) in [7, 11) is -2.68. The van der Waals surface area contributed by atoms with Gasteiger partial charge < -0.3 is 9.05 Å². The van der Waals surface area contributed by atoms with Crippen molar-refractivity contribution in [1.82, 2.24) is 0 Å². The van der Waals surface area contributed by atoms with Crippen LogP contribution in [0.4, 0.5) is 4.20 Å². The molecule has 2 aromatic carbocycles. The lowest BCUT2D eigenvalue weighted by Crippen LogP contribution is -2.28. The highest BCUT2D eigenvalue weighted by Crippen LogP contribution is 2.55. The van der Waals surface area contributed by atoms with Crippen LogP contribution >= 0.6 is 8.69 Å². The molecule has 230 valence electrons. The van der Waals surface area contributed by atoms with Gasteiger partial charge in [0.05, 0.1) is 0 Å².